The summed E-state index contributed by atoms with van der Waals surface area (Å²) in [6.45, 7) is -0.399. The predicted molar refractivity (Wildman–Crippen MR) is 72.3 cm³/mol. The summed E-state index contributed by atoms with van der Waals surface area (Å²) in [6.07, 6.45) is 1.09. The van der Waals surface area contributed by atoms with E-state index in [1.54, 1.807) is 0 Å². The molecule has 1 amide bonds. The number of carboxylic acids is 1. The van der Waals surface area contributed by atoms with Crippen LogP contribution in [0.15, 0.2) is 17.2 Å². The van der Waals surface area contributed by atoms with E-state index in [1.807, 2.05) is 0 Å². The molecule has 0 unspecified atom stereocenters. The molecule has 1 rings (SSSR count). The summed E-state index contributed by atoms with van der Waals surface area (Å²) < 4.78 is 26.7. The molecule has 21 heavy (non-hydrogen) atoms. The van der Waals surface area contributed by atoms with Crippen molar-refractivity contribution in [2.45, 2.75) is 17.4 Å². The van der Waals surface area contributed by atoms with Gasteiger partial charge in [-0.1, -0.05) is 0 Å². The van der Waals surface area contributed by atoms with Gasteiger partial charge in [-0.15, -0.1) is 0 Å². The number of carbonyl (C=O) groups excluding carboxylic acids is 1. The van der Waals surface area contributed by atoms with Crippen LogP contribution in [-0.2, 0) is 21.9 Å². The van der Waals surface area contributed by atoms with Crippen molar-refractivity contribution < 1.29 is 28.2 Å². The molecule has 0 radical (unpaired) electrons. The van der Waals surface area contributed by atoms with E-state index in [2.05, 4.69) is 10.0 Å². The van der Waals surface area contributed by atoms with Gasteiger partial charge in [0.1, 0.15) is 16.6 Å². The number of hydrogen-bond donors (Lipinski definition) is 4. The number of aliphatic hydroxyl groups excluding tert-OH is 1. The van der Waals surface area contributed by atoms with Crippen LogP contribution < -0.4 is 10.0 Å². The van der Waals surface area contributed by atoms with Crippen LogP contribution >= 0.6 is 0 Å². The fourth-order valence-electron chi connectivity index (χ4n) is 1.64. The van der Waals surface area contributed by atoms with Gasteiger partial charge in [-0.25, -0.2) is 17.9 Å². The second-order valence-electron chi connectivity index (χ2n) is 4.26. The van der Waals surface area contributed by atoms with E-state index < -0.39 is 34.5 Å². The third-order valence-corrected chi connectivity index (χ3v) is 4.19. The van der Waals surface area contributed by atoms with Gasteiger partial charge >= 0.3 is 5.97 Å². The van der Waals surface area contributed by atoms with Gasteiger partial charge < -0.3 is 20.1 Å². The third-order valence-electron chi connectivity index (χ3n) is 2.81. The zero-order valence-electron chi connectivity index (χ0n) is 11.5. The van der Waals surface area contributed by atoms with E-state index in [9.17, 15) is 18.0 Å². The van der Waals surface area contributed by atoms with E-state index in [-0.39, 0.29) is 17.0 Å². The first kappa shape index (κ1) is 17.1. The zero-order valence-corrected chi connectivity index (χ0v) is 12.3. The quantitative estimate of drug-likeness (QED) is 0.482. The molecule has 0 aliphatic carbocycles. The lowest BCUT2D eigenvalue weighted by molar-refractivity contribution is -0.139. The molecule has 10 heteroatoms. The van der Waals surface area contributed by atoms with Crippen molar-refractivity contribution in [2.75, 3.05) is 13.7 Å². The van der Waals surface area contributed by atoms with Crippen molar-refractivity contribution in [3.05, 3.63) is 18.0 Å². The van der Waals surface area contributed by atoms with Crippen molar-refractivity contribution in [2.24, 2.45) is 7.05 Å². The lowest BCUT2D eigenvalue weighted by atomic mass is 10.2. The zero-order chi connectivity index (χ0) is 16.2. The highest BCUT2D eigenvalue weighted by Crippen LogP contribution is 2.13. The number of aliphatic carboxylic acids is 1. The molecular formula is C11H17N3O6S. The maximum absolute atomic E-state index is 12.0. The Morgan fingerprint density at radius 3 is 2.52 bits per heavy atom. The van der Waals surface area contributed by atoms with Crippen molar-refractivity contribution in [3.8, 4) is 0 Å². The highest BCUT2D eigenvalue weighted by molar-refractivity contribution is 7.89. The molecule has 0 aliphatic heterocycles. The van der Waals surface area contributed by atoms with Crippen LogP contribution in [-0.4, -0.2) is 54.8 Å². The summed E-state index contributed by atoms with van der Waals surface area (Å²) >= 11 is 0. The average Bonchev–Trinajstić information content (AvgIpc) is 2.81. The summed E-state index contributed by atoms with van der Waals surface area (Å²) in [4.78, 5) is 22.8. The van der Waals surface area contributed by atoms with E-state index in [0.717, 1.165) is 6.07 Å². The monoisotopic (exact) mass is 319 g/mol. The van der Waals surface area contributed by atoms with E-state index in [4.69, 9.17) is 10.2 Å². The number of hydrogen-bond acceptors (Lipinski definition) is 5. The molecule has 0 fully saturated rings. The van der Waals surface area contributed by atoms with Gasteiger partial charge in [0.15, 0.2) is 0 Å². The standard InChI is InChI=1S/C11H17N3O6S/c1-12-21(19,20)7-5-9(14(2)6-7)10(16)13-8(3-4-15)11(17)18/h5-6,8,12,15H,3-4H2,1-2H3,(H,13,16)(H,17,18)/t8-/m1/s1. The van der Waals surface area contributed by atoms with Gasteiger partial charge in [-0.2, -0.15) is 0 Å². The second kappa shape index (κ2) is 6.70. The Balaban J connectivity index is 3.01. The Kier molecular flexibility index (Phi) is 5.47. The number of aryl methyl sites for hydroxylation is 1. The summed E-state index contributed by atoms with van der Waals surface area (Å²) in [5, 5.41) is 19.9. The molecule has 1 aromatic rings. The Hall–Kier alpha value is -1.91. The van der Waals surface area contributed by atoms with Gasteiger partial charge in [0, 0.05) is 26.3 Å². The van der Waals surface area contributed by atoms with Crippen LogP contribution in [0.5, 0.6) is 0 Å². The molecule has 0 saturated heterocycles. The molecule has 118 valence electrons. The number of sulfonamides is 1. The topological polar surface area (TPSA) is 138 Å². The number of aliphatic hydroxyl groups is 1. The number of nitrogens with zero attached hydrogens (tertiary/aromatic N) is 1. The number of carboxylic acid groups (broad SMARTS) is 1. The van der Waals surface area contributed by atoms with Gasteiger partial charge in [-0.05, 0) is 13.1 Å². The first-order valence-electron chi connectivity index (χ1n) is 5.97. The normalized spacial score (nSPS) is 12.9. The van der Waals surface area contributed by atoms with Gasteiger partial charge in [-0.3, -0.25) is 4.79 Å². The molecule has 0 spiro atoms. The number of nitrogens with one attached hydrogen (secondary N) is 2. The number of amides is 1. The number of carbonyl (C=O) groups is 2. The molecule has 0 aromatic carbocycles. The largest absolute Gasteiger partial charge is 0.480 e. The first-order chi connectivity index (χ1) is 9.72. The molecule has 9 nitrogen and oxygen atoms in total. The van der Waals surface area contributed by atoms with Gasteiger partial charge in [0.05, 0.1) is 0 Å². The highest BCUT2D eigenvalue weighted by Gasteiger charge is 2.23. The third kappa shape index (κ3) is 4.03. The van der Waals surface area contributed by atoms with E-state index in [0.29, 0.717) is 0 Å². The van der Waals surface area contributed by atoms with Crippen LogP contribution in [0.2, 0.25) is 0 Å². The summed E-state index contributed by atoms with van der Waals surface area (Å²) in [5.41, 5.74) is -0.00647. The van der Waals surface area contributed by atoms with Gasteiger partial charge in [0.25, 0.3) is 5.91 Å². The minimum Gasteiger partial charge on any atom is -0.480 e. The minimum atomic E-state index is -3.70. The van der Waals surface area contributed by atoms with Crippen LogP contribution in [0.1, 0.15) is 16.9 Å². The van der Waals surface area contributed by atoms with Crippen LogP contribution in [0.3, 0.4) is 0 Å². The average molecular weight is 319 g/mol. The smallest absolute Gasteiger partial charge is 0.326 e. The van der Waals surface area contributed by atoms with Crippen molar-refractivity contribution >= 4 is 21.9 Å². The van der Waals surface area contributed by atoms with E-state index in [1.165, 1.54) is 24.9 Å². The first-order valence-corrected chi connectivity index (χ1v) is 7.45. The Morgan fingerprint density at radius 1 is 1.43 bits per heavy atom. The summed E-state index contributed by atoms with van der Waals surface area (Å²) in [5.74, 6) is -2.02. The van der Waals surface area contributed by atoms with Crippen LogP contribution in [0.25, 0.3) is 0 Å². The fraction of sp³-hybridized carbons (Fsp3) is 0.455. The molecule has 0 bridgehead atoms. The van der Waals surface area contributed by atoms with Gasteiger partial charge in [0.2, 0.25) is 10.0 Å². The lowest BCUT2D eigenvalue weighted by Gasteiger charge is -2.13. The Bertz CT molecular complexity index is 636. The maximum Gasteiger partial charge on any atom is 0.326 e. The Morgan fingerprint density at radius 2 is 2.05 bits per heavy atom. The fourth-order valence-corrected chi connectivity index (χ4v) is 2.44. The highest BCUT2D eigenvalue weighted by atomic mass is 32.2. The summed E-state index contributed by atoms with van der Waals surface area (Å²) in [7, 11) is -0.992. The van der Waals surface area contributed by atoms with Crippen LogP contribution in [0.4, 0.5) is 0 Å². The molecule has 0 aliphatic rings. The molecular weight excluding hydrogens is 302 g/mol. The minimum absolute atomic E-state index is 0.00647. The number of aromatic nitrogens is 1. The SMILES string of the molecule is CNS(=O)(=O)c1cc(C(=O)N[C@H](CCO)C(=O)O)n(C)c1. The summed E-state index contributed by atoms with van der Waals surface area (Å²) in [6, 6.07) is -0.110. The Labute approximate surface area is 121 Å². The van der Waals surface area contributed by atoms with Crippen LogP contribution in [0, 0.1) is 0 Å². The predicted octanol–water partition coefficient (Wildman–Crippen LogP) is -1.50. The molecule has 1 heterocycles. The van der Waals surface area contributed by atoms with Crippen molar-refractivity contribution in [3.63, 3.8) is 0 Å². The molecule has 4 N–H and O–H groups in total. The van der Waals surface area contributed by atoms with Crippen molar-refractivity contribution in [1.29, 1.82) is 0 Å². The van der Waals surface area contributed by atoms with Crippen molar-refractivity contribution in [1.82, 2.24) is 14.6 Å². The molecule has 1 aromatic heterocycles. The number of rotatable bonds is 7. The van der Waals surface area contributed by atoms with E-state index >= 15 is 0 Å². The second-order valence-corrected chi connectivity index (χ2v) is 6.14. The molecule has 1 atom stereocenters. The maximum atomic E-state index is 12.0. The lowest BCUT2D eigenvalue weighted by Crippen LogP contribution is -2.41. The molecule has 0 saturated carbocycles.